The molecule has 0 atom stereocenters. The number of nitrogens with zero attached hydrogens (tertiary/aromatic N) is 2. The normalized spacial score (nSPS) is 11.0. The molecule has 0 aliphatic heterocycles. The summed E-state index contributed by atoms with van der Waals surface area (Å²) in [4.78, 5) is 11.5. The van der Waals surface area contributed by atoms with Crippen molar-refractivity contribution in [2.24, 2.45) is 0 Å². The first kappa shape index (κ1) is 16.4. The lowest BCUT2D eigenvalue weighted by Crippen LogP contribution is -2.07. The van der Waals surface area contributed by atoms with E-state index in [9.17, 15) is 14.3 Å². The quantitative estimate of drug-likeness (QED) is 0.723. The summed E-state index contributed by atoms with van der Waals surface area (Å²) >= 11 is 3.22. The first-order valence-electron chi connectivity index (χ1n) is 7.24. The summed E-state index contributed by atoms with van der Waals surface area (Å²) in [5.74, 6) is -1.29. The largest absolute Gasteiger partial charge is 0.494 e. The smallest absolute Gasteiger partial charge is 0.339 e. The van der Waals surface area contributed by atoms with Gasteiger partial charge in [0, 0.05) is 15.7 Å². The number of aryl methyl sites for hydroxylation is 1. The minimum absolute atomic E-state index is 0.0598. The van der Waals surface area contributed by atoms with Gasteiger partial charge >= 0.3 is 5.97 Å². The van der Waals surface area contributed by atoms with E-state index >= 15 is 0 Å². The van der Waals surface area contributed by atoms with Crippen molar-refractivity contribution in [3.8, 4) is 17.0 Å². The van der Waals surface area contributed by atoms with Crippen molar-refractivity contribution in [1.82, 2.24) is 9.61 Å². The van der Waals surface area contributed by atoms with Crippen LogP contribution >= 0.6 is 15.9 Å². The fourth-order valence-corrected chi connectivity index (χ4v) is 2.98. The SMILES string of the molecule is CCc1cc(C(=O)O)c(OC)c2cc(-c3ccc(Br)cc3F)nn12. The van der Waals surface area contributed by atoms with Gasteiger partial charge in [-0.15, -0.1) is 0 Å². The van der Waals surface area contributed by atoms with Crippen LogP contribution in [0.5, 0.6) is 5.75 Å². The van der Waals surface area contributed by atoms with Crippen molar-refractivity contribution in [2.45, 2.75) is 13.3 Å². The minimum Gasteiger partial charge on any atom is -0.494 e. The van der Waals surface area contributed by atoms with E-state index in [0.29, 0.717) is 33.4 Å². The Morgan fingerprint density at radius 3 is 2.71 bits per heavy atom. The molecular formula is C17H14BrFN2O3. The molecule has 7 heteroatoms. The molecule has 2 heterocycles. The van der Waals surface area contributed by atoms with E-state index in [2.05, 4.69) is 21.0 Å². The molecule has 5 nitrogen and oxygen atoms in total. The van der Waals surface area contributed by atoms with Gasteiger partial charge in [-0.3, -0.25) is 0 Å². The summed E-state index contributed by atoms with van der Waals surface area (Å²) in [6.45, 7) is 1.90. The highest BCUT2D eigenvalue weighted by molar-refractivity contribution is 9.10. The number of carboxylic acids is 1. The van der Waals surface area contributed by atoms with E-state index in [-0.39, 0.29) is 11.3 Å². The third-order valence-electron chi connectivity index (χ3n) is 3.77. The third kappa shape index (κ3) is 2.65. The topological polar surface area (TPSA) is 63.8 Å². The Bertz CT molecular complexity index is 953. The number of pyridine rings is 1. The molecule has 24 heavy (non-hydrogen) atoms. The second-order valence-corrected chi connectivity index (χ2v) is 6.11. The summed E-state index contributed by atoms with van der Waals surface area (Å²) in [5, 5.41) is 13.8. The zero-order chi connectivity index (χ0) is 17.4. The van der Waals surface area contributed by atoms with Crippen molar-refractivity contribution < 1.29 is 19.0 Å². The average Bonchev–Trinajstić information content (AvgIpc) is 2.97. The molecule has 3 rings (SSSR count). The minimum atomic E-state index is -1.08. The predicted molar refractivity (Wildman–Crippen MR) is 91.2 cm³/mol. The average molecular weight is 393 g/mol. The first-order valence-corrected chi connectivity index (χ1v) is 8.04. The molecule has 0 amide bonds. The number of fused-ring (bicyclic) bond motifs is 1. The second kappa shape index (κ2) is 6.24. The number of ether oxygens (including phenoxy) is 1. The van der Waals surface area contributed by atoms with Crippen LogP contribution in [0, 0.1) is 5.82 Å². The third-order valence-corrected chi connectivity index (χ3v) is 4.27. The highest BCUT2D eigenvalue weighted by Gasteiger charge is 2.20. The zero-order valence-corrected chi connectivity index (χ0v) is 14.6. The number of methoxy groups -OCH3 is 1. The maximum atomic E-state index is 14.2. The zero-order valence-electron chi connectivity index (χ0n) is 13.0. The number of rotatable bonds is 4. The molecule has 0 radical (unpaired) electrons. The monoisotopic (exact) mass is 392 g/mol. The van der Waals surface area contributed by atoms with E-state index in [1.54, 1.807) is 22.7 Å². The first-order chi connectivity index (χ1) is 11.5. The molecular weight excluding hydrogens is 379 g/mol. The molecule has 3 aromatic rings. The van der Waals surface area contributed by atoms with Crippen LogP contribution in [0.25, 0.3) is 16.8 Å². The van der Waals surface area contributed by atoms with Gasteiger partial charge in [0.05, 0.1) is 12.8 Å². The maximum Gasteiger partial charge on any atom is 0.339 e. The second-order valence-electron chi connectivity index (χ2n) is 5.19. The highest BCUT2D eigenvalue weighted by Crippen LogP contribution is 2.32. The maximum absolute atomic E-state index is 14.2. The fraction of sp³-hybridized carbons (Fsp3) is 0.176. The molecule has 0 aliphatic rings. The molecule has 0 saturated carbocycles. The lowest BCUT2D eigenvalue weighted by molar-refractivity contribution is 0.0693. The number of halogens is 2. The summed E-state index contributed by atoms with van der Waals surface area (Å²) < 4.78 is 21.7. The number of hydrogen-bond acceptors (Lipinski definition) is 3. The van der Waals surface area contributed by atoms with Crippen LogP contribution in [-0.4, -0.2) is 27.8 Å². The summed E-state index contributed by atoms with van der Waals surface area (Å²) in [5.41, 5.74) is 2.00. The van der Waals surface area contributed by atoms with Crippen LogP contribution in [-0.2, 0) is 6.42 Å². The van der Waals surface area contributed by atoms with Crippen molar-refractivity contribution in [3.63, 3.8) is 0 Å². The molecule has 0 fully saturated rings. The van der Waals surface area contributed by atoms with Crippen LogP contribution in [0.4, 0.5) is 4.39 Å². The van der Waals surface area contributed by atoms with Gasteiger partial charge in [-0.25, -0.2) is 13.7 Å². The van der Waals surface area contributed by atoms with Crippen molar-refractivity contribution in [3.05, 3.63) is 51.9 Å². The molecule has 2 aromatic heterocycles. The van der Waals surface area contributed by atoms with E-state index < -0.39 is 11.8 Å². The van der Waals surface area contributed by atoms with Gasteiger partial charge in [-0.2, -0.15) is 5.10 Å². The van der Waals surface area contributed by atoms with Crippen LogP contribution in [0.2, 0.25) is 0 Å². The van der Waals surface area contributed by atoms with E-state index in [0.717, 1.165) is 0 Å². The van der Waals surface area contributed by atoms with Crippen LogP contribution < -0.4 is 4.74 Å². The van der Waals surface area contributed by atoms with Gasteiger partial charge in [-0.1, -0.05) is 22.9 Å². The molecule has 0 aliphatic carbocycles. The lowest BCUT2D eigenvalue weighted by Gasteiger charge is -2.10. The Kier molecular flexibility index (Phi) is 4.28. The Labute approximate surface area is 145 Å². The highest BCUT2D eigenvalue weighted by atomic mass is 79.9. The molecule has 1 aromatic carbocycles. The van der Waals surface area contributed by atoms with Gasteiger partial charge in [0.15, 0.2) is 5.75 Å². The Balaban J connectivity index is 2.32. The number of aromatic nitrogens is 2. The van der Waals surface area contributed by atoms with Gasteiger partial charge in [0.2, 0.25) is 0 Å². The Morgan fingerprint density at radius 2 is 2.12 bits per heavy atom. The summed E-state index contributed by atoms with van der Waals surface area (Å²) in [6.07, 6.45) is 0.574. The molecule has 0 unspecified atom stereocenters. The molecule has 0 saturated heterocycles. The van der Waals surface area contributed by atoms with E-state index in [1.165, 1.54) is 19.2 Å². The number of aromatic carboxylic acids is 1. The number of benzene rings is 1. The molecule has 0 bridgehead atoms. The van der Waals surface area contributed by atoms with Gasteiger partial charge < -0.3 is 9.84 Å². The van der Waals surface area contributed by atoms with E-state index in [4.69, 9.17) is 4.74 Å². The number of carboxylic acid groups (broad SMARTS) is 1. The molecule has 124 valence electrons. The van der Waals surface area contributed by atoms with Gasteiger partial charge in [-0.05, 0) is 36.8 Å². The standard InChI is InChI=1S/C17H14BrFN2O3/c1-3-10-7-12(17(22)23)16(24-2)15-8-14(20-21(10)15)11-5-4-9(18)6-13(11)19/h4-8H,3H2,1-2H3,(H,22,23). The van der Waals surface area contributed by atoms with Crippen LogP contribution in [0.3, 0.4) is 0 Å². The summed E-state index contributed by atoms with van der Waals surface area (Å²) in [7, 11) is 1.40. The predicted octanol–water partition coefficient (Wildman–Crippen LogP) is 4.17. The molecule has 0 spiro atoms. The summed E-state index contributed by atoms with van der Waals surface area (Å²) in [6, 6.07) is 7.88. The fourth-order valence-electron chi connectivity index (χ4n) is 2.65. The van der Waals surface area contributed by atoms with Crippen molar-refractivity contribution in [1.29, 1.82) is 0 Å². The van der Waals surface area contributed by atoms with Gasteiger partial charge in [0.1, 0.15) is 16.9 Å². The van der Waals surface area contributed by atoms with Gasteiger partial charge in [0.25, 0.3) is 0 Å². The number of hydrogen-bond donors (Lipinski definition) is 1. The molecule has 1 N–H and O–H groups in total. The lowest BCUT2D eigenvalue weighted by atomic mass is 10.1. The Morgan fingerprint density at radius 1 is 1.38 bits per heavy atom. The Hall–Kier alpha value is -2.41. The number of carbonyl (C=O) groups is 1. The van der Waals surface area contributed by atoms with E-state index in [1.807, 2.05) is 6.92 Å². The van der Waals surface area contributed by atoms with Crippen molar-refractivity contribution in [2.75, 3.05) is 7.11 Å². The van der Waals surface area contributed by atoms with Crippen molar-refractivity contribution >= 4 is 27.4 Å². The van der Waals surface area contributed by atoms with Crippen LogP contribution in [0.15, 0.2) is 34.8 Å². The van der Waals surface area contributed by atoms with Crippen LogP contribution in [0.1, 0.15) is 23.0 Å².